The molecule has 12 heteroatoms. The largest absolute Gasteiger partial charge is 0.416 e. The molecule has 0 bridgehead atoms. The number of halogens is 6. The third-order valence-corrected chi connectivity index (χ3v) is 7.28. The van der Waals surface area contributed by atoms with Crippen LogP contribution in [0.5, 0.6) is 0 Å². The SMILES string of the molecule is COC1COCCC1N[C@@H]1CC[C@@](C(=O)NCc2cc(C(F)(F)F)cc(C(F)(F)F)c2)(C(C)(C)O)C1. The molecule has 1 aliphatic carbocycles. The Labute approximate surface area is 205 Å². The minimum Gasteiger partial charge on any atom is -0.389 e. The Balaban J connectivity index is 1.77. The zero-order valence-corrected chi connectivity index (χ0v) is 20.4. The second kappa shape index (κ2) is 10.5. The first-order valence-corrected chi connectivity index (χ1v) is 11.7. The molecule has 4 atom stereocenters. The normalized spacial score (nSPS) is 27.8. The topological polar surface area (TPSA) is 79.8 Å². The van der Waals surface area contributed by atoms with E-state index in [9.17, 15) is 36.2 Å². The number of methoxy groups -OCH3 is 1. The average molecular weight is 527 g/mol. The van der Waals surface area contributed by atoms with Crippen molar-refractivity contribution in [1.29, 1.82) is 0 Å². The van der Waals surface area contributed by atoms with E-state index in [0.29, 0.717) is 38.2 Å². The number of amides is 1. The lowest BCUT2D eigenvalue weighted by Crippen LogP contribution is -2.55. The smallest absolute Gasteiger partial charge is 0.389 e. The van der Waals surface area contributed by atoms with E-state index in [0.717, 1.165) is 0 Å². The lowest BCUT2D eigenvalue weighted by atomic mass is 9.71. The maximum absolute atomic E-state index is 13.3. The quantitative estimate of drug-likeness (QED) is 0.468. The van der Waals surface area contributed by atoms with E-state index in [-0.39, 0.29) is 42.7 Å². The third-order valence-electron chi connectivity index (χ3n) is 7.28. The van der Waals surface area contributed by atoms with Crippen molar-refractivity contribution >= 4 is 5.91 Å². The van der Waals surface area contributed by atoms with Crippen molar-refractivity contribution in [3.63, 3.8) is 0 Å². The molecule has 204 valence electrons. The molecule has 3 N–H and O–H groups in total. The maximum Gasteiger partial charge on any atom is 0.416 e. The second-order valence-corrected chi connectivity index (χ2v) is 10.1. The maximum atomic E-state index is 13.3. The molecular formula is C24H32F6N2O4. The van der Waals surface area contributed by atoms with E-state index in [1.165, 1.54) is 13.8 Å². The standard InChI is InChI=1S/C24H32F6N2O4/c1-21(2,34)22(6-4-17(11-22)32-18-5-7-36-13-19(18)35-3)20(33)31-12-14-8-15(23(25,26)27)10-16(9-14)24(28,29)30/h8-10,17-19,32,34H,4-7,11-13H2,1-3H3,(H,31,33)/t17-,18?,19?,22-/m1/s1. The highest BCUT2D eigenvalue weighted by Crippen LogP contribution is 2.47. The van der Waals surface area contributed by atoms with Crippen LogP contribution < -0.4 is 10.6 Å². The van der Waals surface area contributed by atoms with Gasteiger partial charge in [-0.1, -0.05) is 0 Å². The first kappa shape index (κ1) is 28.7. The van der Waals surface area contributed by atoms with Crippen molar-refractivity contribution < 1.29 is 45.7 Å². The number of hydrogen-bond donors (Lipinski definition) is 3. The Bertz CT molecular complexity index is 898. The molecule has 2 unspecified atom stereocenters. The van der Waals surface area contributed by atoms with Crippen molar-refractivity contribution in [2.75, 3.05) is 20.3 Å². The second-order valence-electron chi connectivity index (χ2n) is 10.1. The van der Waals surface area contributed by atoms with Crippen LogP contribution in [0.25, 0.3) is 0 Å². The van der Waals surface area contributed by atoms with Gasteiger partial charge in [0.15, 0.2) is 0 Å². The molecule has 0 radical (unpaired) electrons. The lowest BCUT2D eigenvalue weighted by Gasteiger charge is -2.40. The molecule has 1 heterocycles. The van der Waals surface area contributed by atoms with Gasteiger partial charge in [-0.2, -0.15) is 26.3 Å². The lowest BCUT2D eigenvalue weighted by molar-refractivity contribution is -0.146. The van der Waals surface area contributed by atoms with E-state index in [2.05, 4.69) is 10.6 Å². The fraction of sp³-hybridized carbons (Fsp3) is 0.708. The van der Waals surface area contributed by atoms with Gasteiger partial charge in [0, 0.05) is 32.3 Å². The predicted octanol–water partition coefficient (Wildman–Crippen LogP) is 4.04. The summed E-state index contributed by atoms with van der Waals surface area (Å²) in [5.74, 6) is -0.625. The van der Waals surface area contributed by atoms with Crippen molar-refractivity contribution in [3.8, 4) is 0 Å². The van der Waals surface area contributed by atoms with E-state index < -0.39 is 46.9 Å². The molecule has 0 aromatic heterocycles. The Morgan fingerprint density at radius 2 is 1.72 bits per heavy atom. The zero-order valence-electron chi connectivity index (χ0n) is 20.4. The van der Waals surface area contributed by atoms with Gasteiger partial charge in [0.1, 0.15) is 0 Å². The van der Waals surface area contributed by atoms with Crippen LogP contribution in [-0.4, -0.2) is 55.1 Å². The van der Waals surface area contributed by atoms with Gasteiger partial charge in [-0.25, -0.2) is 0 Å². The number of carbonyl (C=O) groups is 1. The molecule has 1 aromatic carbocycles. The van der Waals surface area contributed by atoms with Gasteiger partial charge in [0.25, 0.3) is 0 Å². The van der Waals surface area contributed by atoms with Crippen LogP contribution in [-0.2, 0) is 33.2 Å². The van der Waals surface area contributed by atoms with Crippen molar-refractivity contribution in [2.24, 2.45) is 5.41 Å². The van der Waals surface area contributed by atoms with E-state index >= 15 is 0 Å². The summed E-state index contributed by atoms with van der Waals surface area (Å²) in [4.78, 5) is 13.3. The third kappa shape index (κ3) is 6.32. The molecule has 6 nitrogen and oxygen atoms in total. The molecule has 0 spiro atoms. The van der Waals surface area contributed by atoms with Crippen molar-refractivity contribution in [3.05, 3.63) is 34.9 Å². The summed E-state index contributed by atoms with van der Waals surface area (Å²) in [5.41, 5.74) is -6.02. The first-order valence-electron chi connectivity index (χ1n) is 11.7. The fourth-order valence-corrected chi connectivity index (χ4v) is 5.14. The number of carbonyl (C=O) groups excluding carboxylic acids is 1. The van der Waals surface area contributed by atoms with Gasteiger partial charge in [-0.15, -0.1) is 0 Å². The van der Waals surface area contributed by atoms with E-state index in [4.69, 9.17) is 9.47 Å². The monoisotopic (exact) mass is 526 g/mol. The molecule has 2 aliphatic rings. The van der Waals surface area contributed by atoms with Gasteiger partial charge in [-0.05, 0) is 63.3 Å². The van der Waals surface area contributed by atoms with Gasteiger partial charge >= 0.3 is 12.4 Å². The van der Waals surface area contributed by atoms with Crippen LogP contribution in [0.15, 0.2) is 18.2 Å². The first-order chi connectivity index (χ1) is 16.6. The number of nitrogens with one attached hydrogen (secondary N) is 2. The minimum atomic E-state index is -4.98. The summed E-state index contributed by atoms with van der Waals surface area (Å²) >= 11 is 0. The number of benzene rings is 1. The summed E-state index contributed by atoms with van der Waals surface area (Å²) in [6, 6.07) is 1.05. The Hall–Kier alpha value is -1.89. The highest BCUT2D eigenvalue weighted by Gasteiger charge is 2.55. The molecule has 1 aliphatic heterocycles. The number of alkyl halides is 6. The molecular weight excluding hydrogens is 494 g/mol. The van der Waals surface area contributed by atoms with Crippen molar-refractivity contribution in [1.82, 2.24) is 10.6 Å². The van der Waals surface area contributed by atoms with Crippen LogP contribution in [0.2, 0.25) is 0 Å². The molecule has 36 heavy (non-hydrogen) atoms. The van der Waals surface area contributed by atoms with E-state index in [1.807, 2.05) is 0 Å². The van der Waals surface area contributed by atoms with Crippen LogP contribution in [0.4, 0.5) is 26.3 Å². The predicted molar refractivity (Wildman–Crippen MR) is 118 cm³/mol. The summed E-state index contributed by atoms with van der Waals surface area (Å²) in [6.07, 6.45) is -8.36. The summed E-state index contributed by atoms with van der Waals surface area (Å²) in [5, 5.41) is 16.9. The molecule has 1 saturated heterocycles. The van der Waals surface area contributed by atoms with Crippen molar-refractivity contribution in [2.45, 2.75) is 82.2 Å². The average Bonchev–Trinajstić information content (AvgIpc) is 3.22. The van der Waals surface area contributed by atoms with Gasteiger partial charge in [0.2, 0.25) is 5.91 Å². The van der Waals surface area contributed by atoms with Crippen LogP contribution >= 0.6 is 0 Å². The highest BCUT2D eigenvalue weighted by atomic mass is 19.4. The van der Waals surface area contributed by atoms with Crippen LogP contribution in [0.1, 0.15) is 56.2 Å². The molecule has 1 aromatic rings. The molecule has 1 amide bonds. The number of rotatable bonds is 7. The Kier molecular flexibility index (Phi) is 8.34. The van der Waals surface area contributed by atoms with E-state index in [1.54, 1.807) is 7.11 Å². The Morgan fingerprint density at radius 3 is 2.25 bits per heavy atom. The summed E-state index contributed by atoms with van der Waals surface area (Å²) < 4.78 is 89.9. The van der Waals surface area contributed by atoms with Gasteiger partial charge in [0.05, 0.1) is 34.9 Å². The fourth-order valence-electron chi connectivity index (χ4n) is 5.14. The number of aliphatic hydroxyl groups is 1. The van der Waals surface area contributed by atoms with Gasteiger partial charge in [-0.3, -0.25) is 4.79 Å². The molecule has 2 fully saturated rings. The summed E-state index contributed by atoms with van der Waals surface area (Å²) in [6.45, 7) is 3.39. The minimum absolute atomic E-state index is 0.0136. The van der Waals surface area contributed by atoms with Gasteiger partial charge < -0.3 is 25.2 Å². The molecule has 3 rings (SSSR count). The zero-order chi connectivity index (χ0) is 26.9. The summed E-state index contributed by atoms with van der Waals surface area (Å²) in [7, 11) is 1.58. The Morgan fingerprint density at radius 1 is 1.11 bits per heavy atom. The molecule has 1 saturated carbocycles. The highest BCUT2D eigenvalue weighted by molar-refractivity contribution is 5.84. The van der Waals surface area contributed by atoms with Crippen LogP contribution in [0, 0.1) is 5.41 Å². The number of ether oxygens (including phenoxy) is 2. The number of hydrogen-bond acceptors (Lipinski definition) is 5. The van der Waals surface area contributed by atoms with Crippen LogP contribution in [0.3, 0.4) is 0 Å².